The van der Waals surface area contributed by atoms with Crippen LogP contribution in [0.25, 0.3) is 11.1 Å². The van der Waals surface area contributed by atoms with Crippen molar-refractivity contribution >= 4 is 34.3 Å². The molecule has 29 heavy (non-hydrogen) atoms. The highest BCUT2D eigenvalue weighted by molar-refractivity contribution is 7.10. The number of thiophene rings is 1. The summed E-state index contributed by atoms with van der Waals surface area (Å²) >= 11 is 1.64. The van der Waals surface area contributed by atoms with Gasteiger partial charge in [-0.15, -0.1) is 11.3 Å². The van der Waals surface area contributed by atoms with Crippen LogP contribution in [-0.2, 0) is 20.9 Å². The molecule has 1 atom stereocenters. The average molecular weight is 414 g/mol. The maximum Gasteiger partial charge on any atom is 0.419 e. The molecule has 1 aliphatic rings. The number of benzene rings is 1. The van der Waals surface area contributed by atoms with Gasteiger partial charge in [0.1, 0.15) is 0 Å². The lowest BCUT2D eigenvalue weighted by molar-refractivity contribution is -0.152. The minimum Gasteiger partial charge on any atom is -0.456 e. The minimum atomic E-state index is -0.441. The summed E-state index contributed by atoms with van der Waals surface area (Å²) in [4.78, 5) is 39.5. The van der Waals surface area contributed by atoms with Crippen LogP contribution in [0.1, 0.15) is 36.6 Å². The van der Waals surface area contributed by atoms with Crippen LogP contribution in [0.15, 0.2) is 51.0 Å². The summed E-state index contributed by atoms with van der Waals surface area (Å²) in [7, 11) is 0. The Kier molecular flexibility index (Phi) is 5.80. The number of nitrogens with zero attached hydrogens (tertiary/aromatic N) is 2. The number of hydrogen-bond donors (Lipinski definition) is 0. The molecule has 2 aromatic heterocycles. The molecule has 8 heteroatoms. The summed E-state index contributed by atoms with van der Waals surface area (Å²) in [5.41, 5.74) is 1.23. The minimum absolute atomic E-state index is 0.0856. The van der Waals surface area contributed by atoms with Crippen molar-refractivity contribution in [3.63, 3.8) is 0 Å². The van der Waals surface area contributed by atoms with E-state index in [1.165, 1.54) is 9.44 Å². The van der Waals surface area contributed by atoms with E-state index in [2.05, 4.69) is 0 Å². The standard InChI is InChI=1S/C21H22N2O5S/c24-19(22-11-3-7-16(22)18-9-5-13-29-18)14-27-20(25)10-4-12-23-15-6-1-2-8-17(15)28-21(23)26/h1-2,5-6,8-9,13,16H,3-4,7,10-12,14H2. The Morgan fingerprint density at radius 1 is 1.21 bits per heavy atom. The fourth-order valence-corrected chi connectivity index (χ4v) is 4.62. The number of aryl methyl sites for hydroxylation is 1. The van der Waals surface area contributed by atoms with Crippen molar-refractivity contribution in [2.45, 2.75) is 38.3 Å². The Hall–Kier alpha value is -2.87. The Bertz CT molecular complexity index is 1050. The van der Waals surface area contributed by atoms with E-state index in [1.54, 1.807) is 34.4 Å². The van der Waals surface area contributed by atoms with Gasteiger partial charge in [-0.05, 0) is 42.8 Å². The predicted molar refractivity (Wildman–Crippen MR) is 109 cm³/mol. The van der Waals surface area contributed by atoms with E-state index in [0.717, 1.165) is 12.8 Å². The van der Waals surface area contributed by atoms with Crippen LogP contribution in [-0.4, -0.2) is 34.5 Å². The number of carbonyl (C=O) groups is 2. The lowest BCUT2D eigenvalue weighted by Gasteiger charge is -2.23. The number of rotatable bonds is 7. The molecule has 1 aliphatic heterocycles. The first-order chi connectivity index (χ1) is 14.1. The van der Waals surface area contributed by atoms with Crippen molar-refractivity contribution in [1.82, 2.24) is 9.47 Å². The molecule has 4 rings (SSSR count). The van der Waals surface area contributed by atoms with Crippen LogP contribution in [0.4, 0.5) is 0 Å². The van der Waals surface area contributed by atoms with Gasteiger partial charge in [-0.2, -0.15) is 0 Å². The molecule has 0 bridgehead atoms. The summed E-state index contributed by atoms with van der Waals surface area (Å²) in [6.07, 6.45) is 2.45. The highest BCUT2D eigenvalue weighted by Gasteiger charge is 2.30. The monoisotopic (exact) mass is 414 g/mol. The van der Waals surface area contributed by atoms with Crippen LogP contribution >= 0.6 is 11.3 Å². The number of ether oxygens (including phenoxy) is 1. The smallest absolute Gasteiger partial charge is 0.419 e. The Morgan fingerprint density at radius 3 is 2.90 bits per heavy atom. The molecule has 1 saturated heterocycles. The number of likely N-dealkylation sites (tertiary alicyclic amines) is 1. The van der Waals surface area contributed by atoms with Gasteiger partial charge in [0.15, 0.2) is 12.2 Å². The third-order valence-electron chi connectivity index (χ3n) is 5.14. The lowest BCUT2D eigenvalue weighted by Crippen LogP contribution is -2.34. The van der Waals surface area contributed by atoms with Gasteiger partial charge >= 0.3 is 11.7 Å². The van der Waals surface area contributed by atoms with Crippen molar-refractivity contribution in [1.29, 1.82) is 0 Å². The van der Waals surface area contributed by atoms with Gasteiger partial charge in [0.05, 0.1) is 11.6 Å². The second-order valence-corrected chi connectivity index (χ2v) is 7.99. The molecule has 0 radical (unpaired) electrons. The SMILES string of the molecule is O=C(CCCn1c(=O)oc2ccccc21)OCC(=O)N1CCCC1c1cccs1. The van der Waals surface area contributed by atoms with E-state index in [4.69, 9.17) is 9.15 Å². The number of hydrogen-bond acceptors (Lipinski definition) is 6. The van der Waals surface area contributed by atoms with E-state index in [0.29, 0.717) is 30.6 Å². The van der Waals surface area contributed by atoms with Crippen LogP contribution in [0, 0.1) is 0 Å². The molecule has 3 heterocycles. The van der Waals surface area contributed by atoms with Crippen LogP contribution < -0.4 is 5.76 Å². The molecule has 3 aromatic rings. The van der Waals surface area contributed by atoms with Crippen molar-refractivity contribution in [3.8, 4) is 0 Å². The lowest BCUT2D eigenvalue weighted by atomic mass is 10.2. The molecule has 0 saturated carbocycles. The Labute approximate surface area is 171 Å². The summed E-state index contributed by atoms with van der Waals surface area (Å²) < 4.78 is 11.9. The molecular formula is C21H22N2O5S. The third kappa shape index (κ3) is 4.27. The normalized spacial score (nSPS) is 16.4. The number of fused-ring (bicyclic) bond motifs is 1. The van der Waals surface area contributed by atoms with Gasteiger partial charge in [-0.1, -0.05) is 18.2 Å². The zero-order chi connectivity index (χ0) is 20.2. The molecular weight excluding hydrogens is 392 g/mol. The van der Waals surface area contributed by atoms with Crippen LogP contribution in [0.5, 0.6) is 0 Å². The van der Waals surface area contributed by atoms with E-state index in [9.17, 15) is 14.4 Å². The number of para-hydroxylation sites is 2. The molecule has 1 fully saturated rings. The van der Waals surface area contributed by atoms with Crippen LogP contribution in [0.3, 0.4) is 0 Å². The first kappa shape index (κ1) is 19.4. The second-order valence-electron chi connectivity index (χ2n) is 7.01. The van der Waals surface area contributed by atoms with Crippen LogP contribution in [0.2, 0.25) is 0 Å². The van der Waals surface area contributed by atoms with Gasteiger partial charge in [0, 0.05) is 24.4 Å². The van der Waals surface area contributed by atoms with Gasteiger partial charge in [-0.3, -0.25) is 14.2 Å². The quantitative estimate of drug-likeness (QED) is 0.554. The molecule has 1 unspecified atom stereocenters. The second kappa shape index (κ2) is 8.65. The number of carbonyl (C=O) groups excluding carboxylic acids is 2. The van der Waals surface area contributed by atoms with E-state index >= 15 is 0 Å². The highest BCUT2D eigenvalue weighted by Crippen LogP contribution is 2.34. The molecule has 0 spiro atoms. The molecule has 0 aliphatic carbocycles. The van der Waals surface area contributed by atoms with Crippen molar-refractivity contribution in [2.75, 3.05) is 13.2 Å². The molecule has 152 valence electrons. The van der Waals surface area contributed by atoms with Gasteiger partial charge in [-0.25, -0.2) is 4.79 Å². The first-order valence-corrected chi connectivity index (χ1v) is 10.6. The van der Waals surface area contributed by atoms with Crippen molar-refractivity contribution < 1.29 is 18.7 Å². The van der Waals surface area contributed by atoms with E-state index < -0.39 is 11.7 Å². The van der Waals surface area contributed by atoms with Gasteiger partial charge in [0.25, 0.3) is 5.91 Å². The van der Waals surface area contributed by atoms with Gasteiger partial charge in [0.2, 0.25) is 0 Å². The Morgan fingerprint density at radius 2 is 2.07 bits per heavy atom. The summed E-state index contributed by atoms with van der Waals surface area (Å²) in [6.45, 7) is 0.802. The van der Waals surface area contributed by atoms with E-state index in [-0.39, 0.29) is 25.0 Å². The summed E-state index contributed by atoms with van der Waals surface area (Å²) in [5.74, 6) is -1.04. The topological polar surface area (TPSA) is 81.7 Å². The largest absolute Gasteiger partial charge is 0.456 e. The predicted octanol–water partition coefficient (Wildman–Crippen LogP) is 3.34. The Balaban J connectivity index is 1.25. The average Bonchev–Trinajstić information content (AvgIpc) is 3.46. The molecule has 0 N–H and O–H groups in total. The maximum absolute atomic E-state index is 12.5. The summed E-state index contributed by atoms with van der Waals surface area (Å²) in [5, 5.41) is 2.00. The number of oxazole rings is 1. The fraction of sp³-hybridized carbons (Fsp3) is 0.381. The highest BCUT2D eigenvalue weighted by atomic mass is 32.1. The fourth-order valence-electron chi connectivity index (χ4n) is 3.75. The van der Waals surface area contributed by atoms with E-state index in [1.807, 2.05) is 23.6 Å². The van der Waals surface area contributed by atoms with Crippen molar-refractivity contribution in [3.05, 3.63) is 57.2 Å². The zero-order valence-corrected chi connectivity index (χ0v) is 16.7. The molecule has 1 amide bonds. The van der Waals surface area contributed by atoms with Gasteiger partial charge < -0.3 is 14.1 Å². The number of amides is 1. The first-order valence-electron chi connectivity index (χ1n) is 9.70. The number of esters is 1. The van der Waals surface area contributed by atoms with Crippen molar-refractivity contribution in [2.24, 2.45) is 0 Å². The molecule has 1 aromatic carbocycles. The maximum atomic E-state index is 12.5. The zero-order valence-electron chi connectivity index (χ0n) is 15.9. The molecule has 7 nitrogen and oxygen atoms in total. The summed E-state index contributed by atoms with van der Waals surface area (Å²) in [6, 6.07) is 11.3. The number of aromatic nitrogens is 1. The third-order valence-corrected chi connectivity index (χ3v) is 6.11.